The zero-order valence-electron chi connectivity index (χ0n) is 15.4. The van der Waals surface area contributed by atoms with Gasteiger partial charge in [-0.3, -0.25) is 0 Å². The van der Waals surface area contributed by atoms with E-state index in [1.807, 2.05) is 0 Å². The standard InChI is InChI=1S/C18H15ClN4O4S2/c1-23(2)29(24,25)13-7-8-15-14(9-13)20-18(26-15)28-10-16-21-22-17(27-16)11-3-5-12(19)6-4-11/h3-9H,10H2,1-2H3. The zero-order valence-corrected chi connectivity index (χ0v) is 17.8. The van der Waals surface area contributed by atoms with Crippen molar-refractivity contribution in [3.05, 3.63) is 53.4 Å². The fraction of sp³-hybridized carbons (Fsp3) is 0.167. The van der Waals surface area contributed by atoms with Gasteiger partial charge in [-0.15, -0.1) is 10.2 Å². The van der Waals surface area contributed by atoms with Crippen LogP contribution in [-0.2, 0) is 15.8 Å². The van der Waals surface area contributed by atoms with E-state index in [0.717, 1.165) is 9.87 Å². The molecule has 29 heavy (non-hydrogen) atoms. The highest BCUT2D eigenvalue weighted by Gasteiger charge is 2.19. The lowest BCUT2D eigenvalue weighted by Crippen LogP contribution is -2.22. The molecule has 0 spiro atoms. The van der Waals surface area contributed by atoms with Crippen LogP contribution < -0.4 is 0 Å². The van der Waals surface area contributed by atoms with Crippen LogP contribution in [0.5, 0.6) is 0 Å². The molecule has 4 rings (SSSR count). The number of sulfonamides is 1. The number of fused-ring (bicyclic) bond motifs is 1. The van der Waals surface area contributed by atoms with Gasteiger partial charge in [0.05, 0.1) is 10.6 Å². The van der Waals surface area contributed by atoms with Crippen molar-refractivity contribution in [1.29, 1.82) is 0 Å². The van der Waals surface area contributed by atoms with Crippen LogP contribution in [0.4, 0.5) is 0 Å². The van der Waals surface area contributed by atoms with Crippen molar-refractivity contribution in [2.75, 3.05) is 14.1 Å². The molecular formula is C18H15ClN4O4S2. The summed E-state index contributed by atoms with van der Waals surface area (Å²) in [6.45, 7) is 0. The molecule has 0 bridgehead atoms. The number of oxazole rings is 1. The van der Waals surface area contributed by atoms with E-state index in [0.29, 0.717) is 38.9 Å². The maximum atomic E-state index is 12.3. The molecule has 2 heterocycles. The van der Waals surface area contributed by atoms with Crippen molar-refractivity contribution in [2.45, 2.75) is 15.9 Å². The molecule has 11 heteroatoms. The second-order valence-electron chi connectivity index (χ2n) is 6.19. The molecule has 8 nitrogen and oxygen atoms in total. The van der Waals surface area contributed by atoms with E-state index in [2.05, 4.69) is 15.2 Å². The van der Waals surface area contributed by atoms with Crippen molar-refractivity contribution in [2.24, 2.45) is 0 Å². The minimum atomic E-state index is -3.54. The number of hydrogen-bond donors (Lipinski definition) is 0. The number of halogens is 1. The third-order valence-electron chi connectivity index (χ3n) is 4.00. The summed E-state index contributed by atoms with van der Waals surface area (Å²) in [4.78, 5) is 4.50. The summed E-state index contributed by atoms with van der Waals surface area (Å²) in [6, 6.07) is 11.7. The molecule has 4 aromatic rings. The second-order valence-corrected chi connectivity index (χ2v) is 9.71. The Kier molecular flexibility index (Phi) is 5.34. The molecule has 0 N–H and O–H groups in total. The average Bonchev–Trinajstić information content (AvgIpc) is 3.32. The maximum Gasteiger partial charge on any atom is 0.257 e. The molecule has 0 saturated heterocycles. The monoisotopic (exact) mass is 450 g/mol. The van der Waals surface area contributed by atoms with Gasteiger partial charge in [0.2, 0.25) is 21.8 Å². The van der Waals surface area contributed by atoms with Gasteiger partial charge in [0.1, 0.15) is 5.52 Å². The lowest BCUT2D eigenvalue weighted by atomic mass is 10.2. The van der Waals surface area contributed by atoms with E-state index < -0.39 is 10.0 Å². The van der Waals surface area contributed by atoms with Gasteiger partial charge in [-0.25, -0.2) is 17.7 Å². The lowest BCUT2D eigenvalue weighted by molar-refractivity contribution is 0.486. The third-order valence-corrected chi connectivity index (χ3v) is 6.87. The summed E-state index contributed by atoms with van der Waals surface area (Å²) in [6.07, 6.45) is 0. The minimum absolute atomic E-state index is 0.157. The first-order chi connectivity index (χ1) is 13.8. The van der Waals surface area contributed by atoms with Gasteiger partial charge in [-0.05, 0) is 42.5 Å². The molecule has 0 aliphatic rings. The van der Waals surface area contributed by atoms with Gasteiger partial charge in [0, 0.05) is 24.7 Å². The molecule has 0 saturated carbocycles. The Bertz CT molecular complexity index is 1270. The Morgan fingerprint density at radius 2 is 1.83 bits per heavy atom. The van der Waals surface area contributed by atoms with Gasteiger partial charge in [0.25, 0.3) is 5.22 Å². The predicted molar refractivity (Wildman–Crippen MR) is 109 cm³/mol. The summed E-state index contributed by atoms with van der Waals surface area (Å²) in [5.41, 5.74) is 1.73. The van der Waals surface area contributed by atoms with Crippen LogP contribution in [0.15, 0.2) is 61.4 Å². The molecule has 0 unspecified atom stereocenters. The SMILES string of the molecule is CN(C)S(=O)(=O)c1ccc2oc(SCc3nnc(-c4ccc(Cl)cc4)o3)nc2c1. The Morgan fingerprint density at radius 1 is 1.07 bits per heavy atom. The van der Waals surface area contributed by atoms with Crippen LogP contribution in [0.25, 0.3) is 22.6 Å². The smallest absolute Gasteiger partial charge is 0.257 e. The number of thioether (sulfide) groups is 1. The summed E-state index contributed by atoms with van der Waals surface area (Å²) in [7, 11) is -0.580. The molecular weight excluding hydrogens is 436 g/mol. The normalized spacial score (nSPS) is 12.1. The fourth-order valence-electron chi connectivity index (χ4n) is 2.46. The summed E-state index contributed by atoms with van der Waals surface area (Å²) in [5.74, 6) is 1.17. The largest absolute Gasteiger partial charge is 0.431 e. The van der Waals surface area contributed by atoms with E-state index in [1.165, 1.54) is 38.0 Å². The van der Waals surface area contributed by atoms with Crippen LogP contribution in [0.1, 0.15) is 5.89 Å². The summed E-state index contributed by atoms with van der Waals surface area (Å²) in [5, 5.41) is 9.06. The first-order valence-electron chi connectivity index (χ1n) is 8.37. The van der Waals surface area contributed by atoms with Crippen molar-refractivity contribution in [3.63, 3.8) is 0 Å². The highest BCUT2D eigenvalue weighted by molar-refractivity contribution is 7.98. The molecule has 0 atom stereocenters. The lowest BCUT2D eigenvalue weighted by Gasteiger charge is -2.10. The number of hydrogen-bond acceptors (Lipinski definition) is 8. The molecule has 0 aliphatic heterocycles. The summed E-state index contributed by atoms with van der Waals surface area (Å²) < 4.78 is 37.0. The number of rotatable bonds is 6. The predicted octanol–water partition coefficient (Wildman–Crippen LogP) is 4.07. The fourth-order valence-corrected chi connectivity index (χ4v) is 4.19. The zero-order chi connectivity index (χ0) is 20.6. The number of aromatic nitrogens is 3. The number of nitrogens with zero attached hydrogens (tertiary/aromatic N) is 4. The van der Waals surface area contributed by atoms with E-state index >= 15 is 0 Å². The van der Waals surface area contributed by atoms with E-state index in [4.69, 9.17) is 20.4 Å². The van der Waals surface area contributed by atoms with Gasteiger partial charge in [-0.1, -0.05) is 23.4 Å². The number of benzene rings is 2. The minimum Gasteiger partial charge on any atom is -0.431 e. The first kappa shape index (κ1) is 19.9. The third kappa shape index (κ3) is 4.15. The van der Waals surface area contributed by atoms with E-state index in [-0.39, 0.29) is 4.90 Å². The van der Waals surface area contributed by atoms with E-state index in [9.17, 15) is 8.42 Å². The Labute approximate surface area is 175 Å². The summed E-state index contributed by atoms with van der Waals surface area (Å²) >= 11 is 7.16. The Morgan fingerprint density at radius 3 is 2.55 bits per heavy atom. The highest BCUT2D eigenvalue weighted by Crippen LogP contribution is 2.29. The molecule has 2 aromatic heterocycles. The van der Waals surface area contributed by atoms with Crippen LogP contribution in [0.3, 0.4) is 0 Å². The van der Waals surface area contributed by atoms with Crippen LogP contribution in [0.2, 0.25) is 5.02 Å². The van der Waals surface area contributed by atoms with Crippen molar-refractivity contribution >= 4 is 44.5 Å². The maximum absolute atomic E-state index is 12.3. The molecule has 0 amide bonds. The van der Waals surface area contributed by atoms with Crippen molar-refractivity contribution < 1.29 is 17.3 Å². The van der Waals surface area contributed by atoms with Crippen molar-refractivity contribution in [3.8, 4) is 11.5 Å². The van der Waals surface area contributed by atoms with Crippen molar-refractivity contribution in [1.82, 2.24) is 19.5 Å². The van der Waals surface area contributed by atoms with Gasteiger partial charge in [-0.2, -0.15) is 0 Å². The highest BCUT2D eigenvalue weighted by atomic mass is 35.5. The molecule has 2 aromatic carbocycles. The topological polar surface area (TPSA) is 102 Å². The average molecular weight is 451 g/mol. The van der Waals surface area contributed by atoms with Gasteiger partial charge in [0.15, 0.2) is 5.58 Å². The van der Waals surface area contributed by atoms with Crippen LogP contribution in [0, 0.1) is 0 Å². The molecule has 0 radical (unpaired) electrons. The quantitative estimate of drug-likeness (QED) is 0.405. The van der Waals surface area contributed by atoms with Gasteiger partial charge >= 0.3 is 0 Å². The molecule has 0 aliphatic carbocycles. The second kappa shape index (κ2) is 7.79. The van der Waals surface area contributed by atoms with Crippen LogP contribution in [-0.4, -0.2) is 42.0 Å². The molecule has 0 fully saturated rings. The van der Waals surface area contributed by atoms with Crippen LogP contribution >= 0.6 is 23.4 Å². The Hall–Kier alpha value is -2.40. The Balaban J connectivity index is 1.50. The van der Waals surface area contributed by atoms with Gasteiger partial charge < -0.3 is 8.83 Å². The molecule has 150 valence electrons. The van der Waals surface area contributed by atoms with E-state index in [1.54, 1.807) is 30.3 Å². The first-order valence-corrected chi connectivity index (χ1v) is 11.2.